The van der Waals surface area contributed by atoms with Gasteiger partial charge in [-0.3, -0.25) is 9.00 Å². The molecule has 0 aliphatic rings. The smallest absolute Gasteiger partial charge is 0.189 e. The SMILES string of the molecule is COc1cc(OC)c(C(=O)CS(C)=O)s1. The minimum Gasteiger partial charge on any atom is -0.495 e. The third-order valence-electron chi connectivity index (χ3n) is 1.68. The van der Waals surface area contributed by atoms with Gasteiger partial charge in [0.15, 0.2) is 10.8 Å². The van der Waals surface area contributed by atoms with Crippen LogP contribution in [0.2, 0.25) is 0 Å². The summed E-state index contributed by atoms with van der Waals surface area (Å²) in [6.07, 6.45) is 1.50. The van der Waals surface area contributed by atoms with E-state index in [0.717, 1.165) is 0 Å². The molecule has 0 aliphatic carbocycles. The van der Waals surface area contributed by atoms with Gasteiger partial charge in [-0.1, -0.05) is 11.3 Å². The number of carbonyl (C=O) groups excluding carboxylic acids is 1. The third kappa shape index (κ3) is 3.04. The molecule has 0 saturated carbocycles. The summed E-state index contributed by atoms with van der Waals surface area (Å²) >= 11 is 1.20. The average Bonchev–Trinajstić information content (AvgIpc) is 2.59. The van der Waals surface area contributed by atoms with Crippen LogP contribution in [0.1, 0.15) is 9.67 Å². The highest BCUT2D eigenvalue weighted by atomic mass is 32.2. The molecule has 1 heterocycles. The molecule has 0 spiro atoms. The van der Waals surface area contributed by atoms with Gasteiger partial charge < -0.3 is 9.47 Å². The fraction of sp³-hybridized carbons (Fsp3) is 0.444. The molecule has 6 heteroatoms. The summed E-state index contributed by atoms with van der Waals surface area (Å²) in [5, 5.41) is 0.608. The average molecular weight is 248 g/mol. The Morgan fingerprint density at radius 3 is 2.60 bits per heavy atom. The zero-order valence-corrected chi connectivity index (χ0v) is 10.4. The molecule has 1 aromatic rings. The molecular formula is C9H12O4S2. The molecule has 0 bridgehead atoms. The number of hydrogen-bond donors (Lipinski definition) is 0. The Hall–Kier alpha value is -0.880. The molecule has 0 aromatic carbocycles. The Kier molecular flexibility index (Phi) is 4.28. The molecule has 15 heavy (non-hydrogen) atoms. The lowest BCUT2D eigenvalue weighted by Crippen LogP contribution is -2.08. The number of carbonyl (C=O) groups is 1. The van der Waals surface area contributed by atoms with Crippen LogP contribution in [0.15, 0.2) is 6.07 Å². The molecule has 0 saturated heterocycles. The Labute approximate surface area is 94.7 Å². The summed E-state index contributed by atoms with van der Waals surface area (Å²) in [4.78, 5) is 12.1. The van der Waals surface area contributed by atoms with Crippen LogP contribution < -0.4 is 9.47 Å². The maximum absolute atomic E-state index is 11.6. The highest BCUT2D eigenvalue weighted by Crippen LogP contribution is 2.34. The van der Waals surface area contributed by atoms with Gasteiger partial charge >= 0.3 is 0 Å². The highest BCUT2D eigenvalue weighted by Gasteiger charge is 2.18. The second-order valence-corrected chi connectivity index (χ2v) is 5.26. The second kappa shape index (κ2) is 5.27. The maximum Gasteiger partial charge on any atom is 0.189 e. The van der Waals surface area contributed by atoms with Crippen LogP contribution in [0.5, 0.6) is 10.8 Å². The summed E-state index contributed by atoms with van der Waals surface area (Å²) in [6, 6.07) is 1.65. The third-order valence-corrected chi connectivity index (χ3v) is 3.47. The fourth-order valence-corrected chi connectivity index (χ4v) is 2.53. The normalized spacial score (nSPS) is 12.2. The molecule has 0 amide bonds. The lowest BCUT2D eigenvalue weighted by atomic mass is 10.3. The predicted molar refractivity (Wildman–Crippen MR) is 60.7 cm³/mol. The topological polar surface area (TPSA) is 52.6 Å². The molecule has 0 N–H and O–H groups in total. The molecule has 1 rings (SSSR count). The monoisotopic (exact) mass is 248 g/mol. The van der Waals surface area contributed by atoms with E-state index in [4.69, 9.17) is 9.47 Å². The standard InChI is InChI=1S/C9H12O4S2/c1-12-7-4-8(13-2)14-9(7)6(10)5-15(3)11/h4H,5H2,1-3H3. The van der Waals surface area contributed by atoms with E-state index in [2.05, 4.69) is 0 Å². The van der Waals surface area contributed by atoms with Crippen molar-refractivity contribution in [3.63, 3.8) is 0 Å². The highest BCUT2D eigenvalue weighted by molar-refractivity contribution is 7.85. The van der Waals surface area contributed by atoms with E-state index in [9.17, 15) is 9.00 Å². The van der Waals surface area contributed by atoms with Crippen molar-refractivity contribution in [2.45, 2.75) is 0 Å². The van der Waals surface area contributed by atoms with E-state index in [1.54, 1.807) is 6.07 Å². The van der Waals surface area contributed by atoms with Gasteiger partial charge in [-0.25, -0.2) is 0 Å². The first-order chi connectivity index (χ1) is 7.08. The van der Waals surface area contributed by atoms with Crippen LogP contribution in [0.25, 0.3) is 0 Å². The first kappa shape index (κ1) is 12.2. The van der Waals surface area contributed by atoms with E-state index in [1.165, 1.54) is 31.8 Å². The van der Waals surface area contributed by atoms with Crippen molar-refractivity contribution < 1.29 is 18.5 Å². The van der Waals surface area contributed by atoms with Crippen molar-refractivity contribution in [2.24, 2.45) is 0 Å². The summed E-state index contributed by atoms with van der Waals surface area (Å²) in [6.45, 7) is 0. The number of rotatable bonds is 5. The Balaban J connectivity index is 2.96. The summed E-state index contributed by atoms with van der Waals surface area (Å²) in [5.74, 6) is 0.313. The molecule has 1 unspecified atom stereocenters. The van der Waals surface area contributed by atoms with E-state index in [1.807, 2.05) is 0 Å². The van der Waals surface area contributed by atoms with Gasteiger partial charge in [-0.15, -0.1) is 0 Å². The van der Waals surface area contributed by atoms with Crippen LogP contribution >= 0.6 is 11.3 Å². The van der Waals surface area contributed by atoms with Crippen LogP contribution in [-0.2, 0) is 10.8 Å². The minimum absolute atomic E-state index is 0.0139. The number of thiophene rings is 1. The Morgan fingerprint density at radius 2 is 2.13 bits per heavy atom. The molecule has 1 aromatic heterocycles. The largest absolute Gasteiger partial charge is 0.495 e. The van der Waals surface area contributed by atoms with Crippen molar-refractivity contribution >= 4 is 27.9 Å². The quantitative estimate of drug-likeness (QED) is 0.738. The van der Waals surface area contributed by atoms with Gasteiger partial charge in [-0.2, -0.15) is 0 Å². The van der Waals surface area contributed by atoms with Gasteiger partial charge in [0, 0.05) is 23.1 Å². The molecule has 4 nitrogen and oxygen atoms in total. The summed E-state index contributed by atoms with van der Waals surface area (Å²) < 4.78 is 21.0. The van der Waals surface area contributed by atoms with Crippen LogP contribution in [-0.4, -0.2) is 36.2 Å². The van der Waals surface area contributed by atoms with Crippen LogP contribution in [0.4, 0.5) is 0 Å². The van der Waals surface area contributed by atoms with Crippen molar-refractivity contribution in [3.05, 3.63) is 10.9 Å². The van der Waals surface area contributed by atoms with Crippen molar-refractivity contribution in [1.29, 1.82) is 0 Å². The van der Waals surface area contributed by atoms with E-state index in [0.29, 0.717) is 15.7 Å². The molecule has 0 aliphatic heterocycles. The zero-order chi connectivity index (χ0) is 11.4. The minimum atomic E-state index is -1.14. The number of methoxy groups -OCH3 is 2. The van der Waals surface area contributed by atoms with Crippen LogP contribution in [0.3, 0.4) is 0 Å². The summed E-state index contributed by atoms with van der Waals surface area (Å²) in [7, 11) is 1.87. The molecular weight excluding hydrogens is 236 g/mol. The van der Waals surface area contributed by atoms with E-state index >= 15 is 0 Å². The van der Waals surface area contributed by atoms with Gasteiger partial charge in [0.2, 0.25) is 0 Å². The van der Waals surface area contributed by atoms with Gasteiger partial charge in [0.1, 0.15) is 10.6 Å². The van der Waals surface area contributed by atoms with Crippen molar-refractivity contribution in [3.8, 4) is 10.8 Å². The first-order valence-electron chi connectivity index (χ1n) is 4.13. The van der Waals surface area contributed by atoms with Crippen molar-refractivity contribution in [1.82, 2.24) is 0 Å². The molecule has 1 atom stereocenters. The lowest BCUT2D eigenvalue weighted by Gasteiger charge is -1.98. The van der Waals surface area contributed by atoms with E-state index < -0.39 is 10.8 Å². The van der Waals surface area contributed by atoms with Gasteiger partial charge in [0.25, 0.3) is 0 Å². The van der Waals surface area contributed by atoms with Gasteiger partial charge in [0.05, 0.1) is 20.0 Å². The Bertz CT molecular complexity index is 383. The maximum atomic E-state index is 11.6. The fourth-order valence-electron chi connectivity index (χ4n) is 1.05. The zero-order valence-electron chi connectivity index (χ0n) is 8.73. The lowest BCUT2D eigenvalue weighted by molar-refractivity contribution is 0.102. The first-order valence-corrected chi connectivity index (χ1v) is 6.68. The number of ketones is 1. The molecule has 0 radical (unpaired) electrons. The van der Waals surface area contributed by atoms with Gasteiger partial charge in [-0.05, 0) is 0 Å². The summed E-state index contributed by atoms with van der Waals surface area (Å²) in [5.41, 5.74) is 0. The number of Topliss-reactive ketones (excluding diaryl/α,β-unsaturated/α-hetero) is 1. The van der Waals surface area contributed by atoms with Crippen LogP contribution in [0, 0.1) is 0 Å². The predicted octanol–water partition coefficient (Wildman–Crippen LogP) is 1.33. The van der Waals surface area contributed by atoms with E-state index in [-0.39, 0.29) is 11.5 Å². The second-order valence-electron chi connectivity index (χ2n) is 2.81. The Morgan fingerprint density at radius 1 is 1.47 bits per heavy atom. The molecule has 0 fully saturated rings. The number of hydrogen-bond acceptors (Lipinski definition) is 5. The number of ether oxygens (including phenoxy) is 2. The molecule has 84 valence electrons. The van der Waals surface area contributed by atoms with Crippen molar-refractivity contribution in [2.75, 3.05) is 26.2 Å².